The maximum absolute atomic E-state index is 13.0. The maximum Gasteiger partial charge on any atom is 0.260 e. The van der Waals surface area contributed by atoms with Crippen LogP contribution in [0.15, 0.2) is 60.7 Å². The Morgan fingerprint density at radius 1 is 1.00 bits per heavy atom. The molecule has 0 saturated heterocycles. The van der Waals surface area contributed by atoms with Crippen LogP contribution in [-0.4, -0.2) is 32.5 Å². The Labute approximate surface area is 131 Å². The molecular formula is C18H21NO3. The van der Waals surface area contributed by atoms with Crippen molar-refractivity contribution in [1.82, 2.24) is 0 Å². The van der Waals surface area contributed by atoms with E-state index in [4.69, 9.17) is 9.47 Å². The molecule has 0 bridgehead atoms. The van der Waals surface area contributed by atoms with Gasteiger partial charge in [0.2, 0.25) is 0 Å². The van der Waals surface area contributed by atoms with Crippen LogP contribution in [0.1, 0.15) is 17.3 Å². The number of benzene rings is 2. The Morgan fingerprint density at radius 2 is 1.55 bits per heavy atom. The summed E-state index contributed by atoms with van der Waals surface area (Å²) in [5.41, 5.74) is 0.465. The third-order valence-corrected chi connectivity index (χ3v) is 3.56. The maximum atomic E-state index is 13.0. The second-order valence-corrected chi connectivity index (χ2v) is 5.15. The van der Waals surface area contributed by atoms with Gasteiger partial charge in [0.1, 0.15) is 0 Å². The molecule has 0 saturated carbocycles. The molecule has 0 radical (unpaired) electrons. The summed E-state index contributed by atoms with van der Waals surface area (Å²) in [6, 6.07) is 18.6. The number of anilines is 1. The van der Waals surface area contributed by atoms with E-state index in [1.54, 1.807) is 31.3 Å². The van der Waals surface area contributed by atoms with Crippen LogP contribution in [0.2, 0.25) is 0 Å². The molecule has 4 nitrogen and oxygen atoms in total. The molecule has 1 amide bonds. The van der Waals surface area contributed by atoms with Gasteiger partial charge < -0.3 is 9.47 Å². The Kier molecular flexibility index (Phi) is 5.31. The van der Waals surface area contributed by atoms with Crippen molar-refractivity contribution in [1.29, 1.82) is 0 Å². The molecule has 0 heterocycles. The molecule has 1 atom stereocenters. The molecule has 2 aromatic carbocycles. The summed E-state index contributed by atoms with van der Waals surface area (Å²) in [5.74, 6) is -0.131. The zero-order chi connectivity index (χ0) is 16.0. The van der Waals surface area contributed by atoms with Crippen LogP contribution < -0.4 is 4.90 Å². The highest BCUT2D eigenvalue weighted by atomic mass is 16.5. The van der Waals surface area contributed by atoms with E-state index in [1.165, 1.54) is 0 Å². The molecule has 0 fully saturated rings. The predicted octanol–water partition coefficient (Wildman–Crippen LogP) is 3.34. The van der Waals surface area contributed by atoms with Gasteiger partial charge in [0.05, 0.1) is 6.61 Å². The number of rotatable bonds is 6. The van der Waals surface area contributed by atoms with E-state index in [9.17, 15) is 4.79 Å². The number of amides is 1. The topological polar surface area (TPSA) is 38.8 Å². The van der Waals surface area contributed by atoms with Crippen LogP contribution in [-0.2, 0) is 9.47 Å². The van der Waals surface area contributed by atoms with Crippen LogP contribution in [0, 0.1) is 0 Å². The van der Waals surface area contributed by atoms with E-state index in [2.05, 4.69) is 0 Å². The minimum absolute atomic E-state index is 0.131. The number of para-hydroxylation sites is 1. The summed E-state index contributed by atoms with van der Waals surface area (Å²) < 4.78 is 10.9. The molecule has 0 aliphatic heterocycles. The van der Waals surface area contributed by atoms with Gasteiger partial charge in [0.25, 0.3) is 5.91 Å². The lowest BCUT2D eigenvalue weighted by Gasteiger charge is -2.39. The fourth-order valence-corrected chi connectivity index (χ4v) is 2.37. The average molecular weight is 299 g/mol. The van der Waals surface area contributed by atoms with Crippen molar-refractivity contribution < 1.29 is 14.3 Å². The minimum Gasteiger partial charge on any atom is -0.380 e. The fourth-order valence-electron chi connectivity index (χ4n) is 2.37. The molecule has 0 aromatic heterocycles. The van der Waals surface area contributed by atoms with Gasteiger partial charge in [-0.25, -0.2) is 0 Å². The van der Waals surface area contributed by atoms with Crippen molar-refractivity contribution >= 4 is 11.6 Å². The van der Waals surface area contributed by atoms with Gasteiger partial charge in [0.15, 0.2) is 5.72 Å². The standard InChI is InChI=1S/C18H21NO3/c1-18(22-3,14-21-2)19(16-12-8-5-9-13-16)17(20)15-10-6-4-7-11-15/h4-13H,14H2,1-3H3. The van der Waals surface area contributed by atoms with Gasteiger partial charge in [-0.2, -0.15) is 0 Å². The third kappa shape index (κ3) is 3.35. The molecule has 0 spiro atoms. The molecule has 0 N–H and O–H groups in total. The van der Waals surface area contributed by atoms with E-state index in [0.29, 0.717) is 5.56 Å². The van der Waals surface area contributed by atoms with Crippen molar-refractivity contribution in [3.8, 4) is 0 Å². The molecular weight excluding hydrogens is 278 g/mol. The Bertz CT molecular complexity index is 600. The molecule has 4 heteroatoms. The number of carbonyl (C=O) groups is 1. The number of carbonyl (C=O) groups excluding carboxylic acids is 1. The van der Waals surface area contributed by atoms with Crippen molar-refractivity contribution in [2.24, 2.45) is 0 Å². The summed E-state index contributed by atoms with van der Waals surface area (Å²) in [6.45, 7) is 2.10. The second-order valence-electron chi connectivity index (χ2n) is 5.15. The molecule has 2 aromatic rings. The lowest BCUT2D eigenvalue weighted by Crippen LogP contribution is -2.54. The summed E-state index contributed by atoms with van der Waals surface area (Å²) >= 11 is 0. The average Bonchev–Trinajstić information content (AvgIpc) is 2.57. The van der Waals surface area contributed by atoms with E-state index in [-0.39, 0.29) is 12.5 Å². The fraction of sp³-hybridized carbons (Fsp3) is 0.278. The van der Waals surface area contributed by atoms with Crippen molar-refractivity contribution in [3.05, 3.63) is 66.2 Å². The van der Waals surface area contributed by atoms with Crippen LogP contribution in [0.3, 0.4) is 0 Å². The summed E-state index contributed by atoms with van der Waals surface area (Å²) in [5, 5.41) is 0. The van der Waals surface area contributed by atoms with E-state index in [0.717, 1.165) is 5.69 Å². The highest BCUT2D eigenvalue weighted by molar-refractivity contribution is 6.06. The summed E-state index contributed by atoms with van der Waals surface area (Å²) in [7, 11) is 3.17. The van der Waals surface area contributed by atoms with Crippen molar-refractivity contribution in [2.45, 2.75) is 12.6 Å². The molecule has 0 aliphatic carbocycles. The quantitative estimate of drug-likeness (QED) is 0.768. The zero-order valence-electron chi connectivity index (χ0n) is 13.2. The first-order valence-electron chi connectivity index (χ1n) is 7.11. The lowest BCUT2D eigenvalue weighted by molar-refractivity contribution is -0.0485. The first kappa shape index (κ1) is 16.2. The van der Waals surface area contributed by atoms with Crippen LogP contribution in [0.5, 0.6) is 0 Å². The van der Waals surface area contributed by atoms with Crippen molar-refractivity contribution in [2.75, 3.05) is 25.7 Å². The number of methoxy groups -OCH3 is 2. The lowest BCUT2D eigenvalue weighted by atomic mass is 10.1. The Hall–Kier alpha value is -2.17. The number of hydrogen-bond acceptors (Lipinski definition) is 3. The highest BCUT2D eigenvalue weighted by Crippen LogP contribution is 2.27. The van der Waals surface area contributed by atoms with E-state index >= 15 is 0 Å². The first-order chi connectivity index (χ1) is 10.6. The number of hydrogen-bond donors (Lipinski definition) is 0. The molecule has 116 valence electrons. The summed E-state index contributed by atoms with van der Waals surface area (Å²) in [4.78, 5) is 14.6. The third-order valence-electron chi connectivity index (χ3n) is 3.56. The number of nitrogens with zero attached hydrogens (tertiary/aromatic N) is 1. The smallest absolute Gasteiger partial charge is 0.260 e. The van der Waals surface area contributed by atoms with Gasteiger partial charge in [0, 0.05) is 25.5 Å². The Morgan fingerprint density at radius 3 is 2.05 bits per heavy atom. The molecule has 22 heavy (non-hydrogen) atoms. The van der Waals surface area contributed by atoms with Crippen LogP contribution in [0.4, 0.5) is 5.69 Å². The van der Waals surface area contributed by atoms with Gasteiger partial charge in [-0.05, 0) is 31.2 Å². The second kappa shape index (κ2) is 7.20. The number of ether oxygens (including phenoxy) is 2. The van der Waals surface area contributed by atoms with E-state index < -0.39 is 5.72 Å². The van der Waals surface area contributed by atoms with Gasteiger partial charge >= 0.3 is 0 Å². The Balaban J connectivity index is 2.49. The van der Waals surface area contributed by atoms with E-state index in [1.807, 2.05) is 55.5 Å². The molecule has 2 rings (SSSR count). The summed E-state index contributed by atoms with van der Waals surface area (Å²) in [6.07, 6.45) is 0. The van der Waals surface area contributed by atoms with Crippen LogP contribution >= 0.6 is 0 Å². The molecule has 0 aliphatic rings. The van der Waals surface area contributed by atoms with Gasteiger partial charge in [-0.15, -0.1) is 0 Å². The molecule has 1 unspecified atom stereocenters. The van der Waals surface area contributed by atoms with Crippen molar-refractivity contribution in [3.63, 3.8) is 0 Å². The van der Waals surface area contributed by atoms with Gasteiger partial charge in [-0.1, -0.05) is 36.4 Å². The normalized spacial score (nSPS) is 13.4. The SMILES string of the molecule is COCC(C)(OC)N(C(=O)c1ccccc1)c1ccccc1. The highest BCUT2D eigenvalue weighted by Gasteiger charge is 2.37. The zero-order valence-corrected chi connectivity index (χ0v) is 13.2. The van der Waals surface area contributed by atoms with Gasteiger partial charge in [-0.3, -0.25) is 9.69 Å². The first-order valence-corrected chi connectivity index (χ1v) is 7.11. The predicted molar refractivity (Wildman–Crippen MR) is 87.0 cm³/mol. The largest absolute Gasteiger partial charge is 0.380 e. The van der Waals surface area contributed by atoms with Crippen LogP contribution in [0.25, 0.3) is 0 Å². The minimum atomic E-state index is -0.900. The monoisotopic (exact) mass is 299 g/mol.